The zero-order valence-electron chi connectivity index (χ0n) is 20.8. The van der Waals surface area contributed by atoms with Crippen LogP contribution in [0.15, 0.2) is 42.7 Å². The van der Waals surface area contributed by atoms with E-state index in [0.717, 1.165) is 5.69 Å². The maximum atomic E-state index is 7.77. The minimum Gasteiger partial charge on any atom is -0.487 e. The van der Waals surface area contributed by atoms with E-state index in [9.17, 15) is 0 Å². The number of hydrogen-bond acceptors (Lipinski definition) is 7. The van der Waals surface area contributed by atoms with Gasteiger partial charge in [0.1, 0.15) is 25.4 Å². The van der Waals surface area contributed by atoms with Crippen LogP contribution in [-0.2, 0) is 9.47 Å². The van der Waals surface area contributed by atoms with E-state index in [1.54, 1.807) is 18.2 Å². The van der Waals surface area contributed by atoms with Gasteiger partial charge in [0.25, 0.3) is 0 Å². The van der Waals surface area contributed by atoms with E-state index in [1.807, 2.05) is 18.2 Å². The third-order valence-electron chi connectivity index (χ3n) is 3.90. The van der Waals surface area contributed by atoms with Gasteiger partial charge in [-0.1, -0.05) is 12.0 Å². The highest BCUT2D eigenvalue weighted by Gasteiger charge is 2.13. The van der Waals surface area contributed by atoms with E-state index < -0.39 is 20.2 Å². The number of benzene rings is 2. The number of ether oxygens (including phenoxy) is 4. The summed E-state index contributed by atoms with van der Waals surface area (Å²) in [5.74, 6) is 3.49. The second-order valence-electron chi connectivity index (χ2n) is 5.76. The predicted molar refractivity (Wildman–Crippen MR) is 112 cm³/mol. The molecule has 0 amide bonds. The van der Waals surface area contributed by atoms with Crippen molar-refractivity contribution in [2.75, 3.05) is 45.8 Å². The highest BCUT2D eigenvalue weighted by atomic mass is 16.5. The van der Waals surface area contributed by atoms with Crippen molar-refractivity contribution < 1.29 is 25.8 Å². The molecule has 0 saturated carbocycles. The summed E-state index contributed by atoms with van der Waals surface area (Å²) in [6.07, 6.45) is 6.84. The first-order valence-corrected chi connectivity index (χ1v) is 8.67. The molecule has 29 heavy (non-hydrogen) atoms. The summed E-state index contributed by atoms with van der Waals surface area (Å²) in [4.78, 5) is 8.57. The summed E-state index contributed by atoms with van der Waals surface area (Å²) >= 11 is 0. The van der Waals surface area contributed by atoms with Gasteiger partial charge in [-0.25, -0.2) is 9.97 Å². The lowest BCUT2D eigenvalue weighted by atomic mass is 10.2. The van der Waals surface area contributed by atoms with Crippen LogP contribution >= 0.6 is 0 Å². The first-order chi connectivity index (χ1) is 16.1. The molecule has 0 aliphatic carbocycles. The third kappa shape index (κ3) is 5.35. The van der Waals surface area contributed by atoms with Crippen molar-refractivity contribution in [2.45, 2.75) is 0 Å². The van der Waals surface area contributed by atoms with E-state index in [4.69, 9.17) is 27.5 Å². The fourth-order valence-electron chi connectivity index (χ4n) is 2.58. The molecule has 0 aliphatic heterocycles. The lowest BCUT2D eigenvalue weighted by molar-refractivity contribution is 0.132. The number of anilines is 2. The van der Waals surface area contributed by atoms with Crippen molar-refractivity contribution in [3.05, 3.63) is 48.3 Å². The molecule has 7 nitrogen and oxygen atoms in total. The Balaban J connectivity index is 1.94. The van der Waals surface area contributed by atoms with Gasteiger partial charge in [-0.3, -0.25) is 0 Å². The van der Waals surface area contributed by atoms with Crippen molar-refractivity contribution in [3.8, 4) is 23.8 Å². The maximum Gasteiger partial charge on any atom is 0.163 e. The molecule has 3 aromatic rings. The smallest absolute Gasteiger partial charge is 0.163 e. The molecule has 0 aliphatic rings. The van der Waals surface area contributed by atoms with E-state index in [0.29, 0.717) is 28.9 Å². The van der Waals surface area contributed by atoms with Crippen LogP contribution in [0.1, 0.15) is 12.4 Å². The minimum atomic E-state index is -2.92. The topological polar surface area (TPSA) is 74.7 Å². The van der Waals surface area contributed by atoms with E-state index >= 15 is 0 Å². The van der Waals surface area contributed by atoms with Crippen LogP contribution in [0, 0.1) is 12.3 Å². The molecule has 1 heterocycles. The van der Waals surface area contributed by atoms with Gasteiger partial charge in [-0.2, -0.15) is 0 Å². The molecule has 0 atom stereocenters. The van der Waals surface area contributed by atoms with E-state index in [2.05, 4.69) is 25.9 Å². The Labute approximate surface area is 177 Å². The highest BCUT2D eigenvalue weighted by Crippen LogP contribution is 2.35. The number of rotatable bonds is 10. The molecule has 0 unspecified atom stereocenters. The van der Waals surface area contributed by atoms with Gasteiger partial charge in [-0.05, 0) is 24.3 Å². The Morgan fingerprint density at radius 3 is 2.79 bits per heavy atom. The Morgan fingerprint density at radius 2 is 1.97 bits per heavy atom. The normalized spacial score (nSPS) is 14.0. The van der Waals surface area contributed by atoms with Gasteiger partial charge < -0.3 is 24.3 Å². The fourth-order valence-corrected chi connectivity index (χ4v) is 2.58. The van der Waals surface area contributed by atoms with Gasteiger partial charge in [0.2, 0.25) is 0 Å². The molecule has 7 heteroatoms. The van der Waals surface area contributed by atoms with Gasteiger partial charge in [-0.15, -0.1) is 6.42 Å². The highest BCUT2D eigenvalue weighted by molar-refractivity contribution is 5.93. The molecule has 150 valence electrons. The molecule has 2 aromatic carbocycles. The fraction of sp³-hybridized carbons (Fsp3) is 0.273. The summed E-state index contributed by atoms with van der Waals surface area (Å²) in [5, 5.41) is 3.81. The molecule has 1 aromatic heterocycles. The Bertz CT molecular complexity index is 1180. The third-order valence-corrected chi connectivity index (χ3v) is 3.90. The van der Waals surface area contributed by atoms with Gasteiger partial charge in [0, 0.05) is 36.9 Å². The summed E-state index contributed by atoms with van der Waals surface area (Å²) in [5.41, 5.74) is 1.92. The summed E-state index contributed by atoms with van der Waals surface area (Å²) in [7, 11) is -1.39. The second kappa shape index (κ2) is 10.3. The van der Waals surface area contributed by atoms with Crippen LogP contribution in [0.3, 0.4) is 0 Å². The van der Waals surface area contributed by atoms with Crippen molar-refractivity contribution in [2.24, 2.45) is 0 Å². The van der Waals surface area contributed by atoms with Crippen LogP contribution in [0.25, 0.3) is 10.9 Å². The first-order valence-electron chi connectivity index (χ1n) is 11.2. The summed E-state index contributed by atoms with van der Waals surface area (Å²) in [6, 6.07) is 10.5. The Morgan fingerprint density at radius 1 is 1.10 bits per heavy atom. The molecular formula is C22H23N3O4. The van der Waals surface area contributed by atoms with Crippen LogP contribution in [-0.4, -0.2) is 50.5 Å². The Kier molecular flexibility index (Phi) is 5.18. The number of terminal acetylenes is 1. The average Bonchev–Trinajstić information content (AvgIpc) is 2.77. The van der Waals surface area contributed by atoms with E-state index in [1.165, 1.54) is 13.4 Å². The first kappa shape index (κ1) is 14.6. The quantitative estimate of drug-likeness (QED) is 0.414. The Hall–Kier alpha value is -3.34. The zero-order chi connectivity index (χ0) is 24.8. The number of hydrogen-bond donors (Lipinski definition) is 1. The molecule has 0 bridgehead atoms. The van der Waals surface area contributed by atoms with Crippen molar-refractivity contribution in [3.63, 3.8) is 0 Å². The lowest BCUT2D eigenvalue weighted by Crippen LogP contribution is -2.09. The molecule has 3 rings (SSSR count). The number of nitrogens with one attached hydrogen (secondary N) is 1. The predicted octanol–water partition coefficient (Wildman–Crippen LogP) is 3.41. The average molecular weight is 398 g/mol. The monoisotopic (exact) mass is 398 g/mol. The molecule has 0 saturated heterocycles. The number of nitrogens with zero attached hydrogens (tertiary/aromatic N) is 2. The molecule has 0 radical (unpaired) electrons. The van der Waals surface area contributed by atoms with Crippen molar-refractivity contribution in [1.29, 1.82) is 0 Å². The second-order valence-corrected chi connectivity index (χ2v) is 5.76. The lowest BCUT2D eigenvalue weighted by Gasteiger charge is -2.15. The molecule has 0 spiro atoms. The summed E-state index contributed by atoms with van der Waals surface area (Å²) < 4.78 is 57.7. The van der Waals surface area contributed by atoms with Gasteiger partial charge >= 0.3 is 0 Å². The van der Waals surface area contributed by atoms with Crippen LogP contribution in [0.2, 0.25) is 0 Å². The standard InChI is InChI=1S/C22H23N3O4/c1-4-16-6-5-7-17(12-16)25-22-18-13-20(28-10-8-26-2)21(29-11-9-27-3)14-19(18)23-15-24-22/h1,5-7,12-15H,8-11H2,2-3H3,(H,23,24,25)/i3D3,9D2. The molecule has 0 fully saturated rings. The van der Waals surface area contributed by atoms with Gasteiger partial charge in [0.05, 0.1) is 25.5 Å². The number of methoxy groups -OCH3 is 2. The van der Waals surface area contributed by atoms with E-state index in [-0.39, 0.29) is 18.1 Å². The largest absolute Gasteiger partial charge is 0.487 e. The van der Waals surface area contributed by atoms with Crippen LogP contribution < -0.4 is 14.8 Å². The zero-order valence-corrected chi connectivity index (χ0v) is 15.8. The molecule has 1 N–H and O–H groups in total. The summed E-state index contributed by atoms with van der Waals surface area (Å²) in [6.45, 7) is -2.76. The van der Waals surface area contributed by atoms with Crippen molar-refractivity contribution >= 4 is 22.4 Å². The molecular weight excluding hydrogens is 370 g/mol. The van der Waals surface area contributed by atoms with Crippen molar-refractivity contribution in [1.82, 2.24) is 9.97 Å². The number of fused-ring (bicyclic) bond motifs is 1. The minimum absolute atomic E-state index is 0.153. The van der Waals surface area contributed by atoms with Crippen LogP contribution in [0.4, 0.5) is 11.5 Å². The SMILES string of the molecule is [2H]C([2H])([2H])OC([2H])([2H])COc1cc2ncnc(Nc3cccc(C#C)c3)c2cc1OCCOC. The van der Waals surface area contributed by atoms with Gasteiger partial charge in [0.15, 0.2) is 11.5 Å². The number of aromatic nitrogens is 2. The van der Waals surface area contributed by atoms with Crippen LogP contribution in [0.5, 0.6) is 11.5 Å². The maximum absolute atomic E-state index is 7.77.